The molecule has 0 atom stereocenters. The van der Waals surface area contributed by atoms with Crippen molar-refractivity contribution in [1.29, 1.82) is 0 Å². The summed E-state index contributed by atoms with van der Waals surface area (Å²) in [5.74, 6) is 0. The zero-order valence-electron chi connectivity index (χ0n) is 41.3. The Morgan fingerprint density at radius 1 is 0.426 bits per heavy atom. The Morgan fingerprint density at radius 2 is 0.770 bits per heavy atom. The van der Waals surface area contributed by atoms with E-state index in [1.807, 2.05) is 0 Å². The number of allylic oxidation sites excluding steroid dienone is 2. The molecule has 2 nitrogen and oxygen atoms in total. The van der Waals surface area contributed by atoms with Gasteiger partial charge in [-0.2, -0.15) is 0 Å². The van der Waals surface area contributed by atoms with Crippen molar-refractivity contribution in [2.75, 3.05) is 0 Å². The van der Waals surface area contributed by atoms with Crippen LogP contribution in [0.15, 0.2) is 53.5 Å². The maximum absolute atomic E-state index is 6.10. The van der Waals surface area contributed by atoms with E-state index in [1.54, 1.807) is 0 Å². The van der Waals surface area contributed by atoms with E-state index in [0.717, 1.165) is 62.0 Å². The quantitative estimate of drug-likeness (QED) is 0.0360. The molecule has 2 aromatic carbocycles. The van der Waals surface area contributed by atoms with Gasteiger partial charge in [0, 0.05) is 0 Å². The third-order valence-electron chi connectivity index (χ3n) is 12.6. The average Bonchev–Trinajstić information content (AvgIpc) is 3.27. The molecule has 0 unspecified atom stereocenters. The van der Waals surface area contributed by atoms with Crippen molar-refractivity contribution in [2.45, 2.75) is 273 Å². The molecule has 2 rings (SSSR count). The number of hydrogen-bond acceptors (Lipinski definition) is 1. The molecule has 0 amide bonds. The summed E-state index contributed by atoms with van der Waals surface area (Å²) in [7, 11) is 0. The van der Waals surface area contributed by atoms with Crippen LogP contribution in [0.2, 0.25) is 0 Å². The van der Waals surface area contributed by atoms with Crippen molar-refractivity contribution < 1.29 is 19.3 Å². The van der Waals surface area contributed by atoms with E-state index in [1.165, 1.54) is 214 Å². The van der Waals surface area contributed by atoms with Crippen molar-refractivity contribution in [1.82, 2.24) is 0 Å². The van der Waals surface area contributed by atoms with Crippen LogP contribution in [0.4, 0.5) is 11.4 Å². The molecule has 0 aliphatic heterocycles. The molecule has 0 heterocycles. The van der Waals surface area contributed by atoms with Gasteiger partial charge in [-0.3, -0.25) is 0 Å². The van der Waals surface area contributed by atoms with Crippen LogP contribution in [0.25, 0.3) is 0 Å². The molecule has 2 aromatic rings. The van der Waals surface area contributed by atoms with Gasteiger partial charge in [0.1, 0.15) is 0 Å². The van der Waals surface area contributed by atoms with Crippen LogP contribution in [0.5, 0.6) is 0 Å². The predicted molar refractivity (Wildman–Crippen MR) is 271 cm³/mol. The minimum atomic E-state index is 0.959. The first-order valence-electron chi connectivity index (χ1n) is 26.8. The van der Waals surface area contributed by atoms with Crippen LogP contribution in [0, 0.1) is 0 Å². The summed E-state index contributed by atoms with van der Waals surface area (Å²) in [5.41, 5.74) is 10.3. The molecule has 0 fully saturated rings. The summed E-state index contributed by atoms with van der Waals surface area (Å²) in [6.07, 6.45) is 51.4. The van der Waals surface area contributed by atoms with Gasteiger partial charge in [0.25, 0.3) is 0 Å². The number of aliphatic imine (C=N–C) groups is 1. The van der Waals surface area contributed by atoms with Crippen LogP contribution in [0.1, 0.15) is 269 Å². The van der Waals surface area contributed by atoms with Crippen molar-refractivity contribution >= 4 is 22.8 Å². The Kier molecular flexibility index (Phi) is 34.8. The first kappa shape index (κ1) is 55.1. The molecule has 0 aliphatic rings. The minimum absolute atomic E-state index is 0.959. The zero-order chi connectivity index (χ0) is 44.0. The van der Waals surface area contributed by atoms with Crippen molar-refractivity contribution in [2.24, 2.45) is 4.99 Å². The number of unbranched alkanes of at least 4 members (excludes halogenated alkanes) is 25. The molecule has 0 aliphatic carbocycles. The number of hydrogen-bond donors (Lipinski definition) is 0. The summed E-state index contributed by atoms with van der Waals surface area (Å²) in [5, 5.41) is 0. The molecule has 0 aromatic heterocycles. The topological polar surface area (TPSA) is 15.4 Å². The van der Waals surface area contributed by atoms with Gasteiger partial charge in [-0.25, -0.2) is 0 Å². The number of benzene rings is 2. The molecule has 0 saturated carbocycles. The van der Waals surface area contributed by atoms with Crippen LogP contribution in [-0.2, 0) is 41.4 Å². The third kappa shape index (κ3) is 27.1. The fraction of sp³-hybridized carbons (Fsp3) is 0.724. The monoisotopic (exact) mass is 881 g/mol. The Hall–Kier alpha value is -1.99. The Bertz CT molecular complexity index is 1400. The van der Waals surface area contributed by atoms with Crippen molar-refractivity contribution in [3.63, 3.8) is 0 Å². The van der Waals surface area contributed by atoms with E-state index in [-0.39, 0.29) is 0 Å². The molecular weight excluding hydrogens is 783 g/mol. The van der Waals surface area contributed by atoms with Gasteiger partial charge < -0.3 is 0 Å². The van der Waals surface area contributed by atoms with Gasteiger partial charge >= 0.3 is 313 Å². The fourth-order valence-corrected chi connectivity index (χ4v) is 8.96. The predicted octanol–water partition coefficient (Wildman–Crippen LogP) is 19.3. The van der Waals surface area contributed by atoms with Crippen molar-refractivity contribution in [3.8, 4) is 0 Å². The average molecular weight is 882 g/mol. The van der Waals surface area contributed by atoms with Gasteiger partial charge in [0.05, 0.1) is 0 Å². The molecular formula is C58H98N2Ni+. The summed E-state index contributed by atoms with van der Waals surface area (Å²) in [6.45, 7) is 13.8. The number of nitrogens with zero attached hydrogens (tertiary/aromatic N) is 2. The van der Waals surface area contributed by atoms with Crippen molar-refractivity contribution in [3.05, 3.63) is 70.8 Å². The molecule has 3 heteroatoms. The SMILES string of the molecule is CCCCCCCCCCCCCCCCCCCCC=CC(C(CCCCCC)=Nc1cc(CCCC)cc(CCCC)c1)=[N+]([Ni])c1cc(CCCC)cc(CCCC)c1. The number of aryl methyl sites for hydroxylation is 4. The van der Waals surface area contributed by atoms with Gasteiger partial charge in [0.15, 0.2) is 0 Å². The van der Waals surface area contributed by atoms with Gasteiger partial charge in [-0.1, -0.05) is 77.6 Å². The molecule has 0 radical (unpaired) electrons. The van der Waals surface area contributed by atoms with E-state index in [4.69, 9.17) is 20.7 Å². The molecule has 0 N–H and O–H groups in total. The van der Waals surface area contributed by atoms with E-state index >= 15 is 0 Å². The van der Waals surface area contributed by atoms with Crippen LogP contribution >= 0.6 is 0 Å². The second-order valence-electron chi connectivity index (χ2n) is 18.6. The van der Waals surface area contributed by atoms with E-state index in [9.17, 15) is 0 Å². The van der Waals surface area contributed by atoms with Gasteiger partial charge in [-0.05, 0) is 0 Å². The van der Waals surface area contributed by atoms with Crippen LogP contribution in [0.3, 0.4) is 0 Å². The summed E-state index contributed by atoms with van der Waals surface area (Å²) in [6, 6.07) is 14.4. The van der Waals surface area contributed by atoms with Crippen LogP contribution in [-0.4, -0.2) is 15.1 Å². The van der Waals surface area contributed by atoms with E-state index in [0.29, 0.717) is 0 Å². The molecule has 0 spiro atoms. The molecule has 349 valence electrons. The van der Waals surface area contributed by atoms with Gasteiger partial charge in [-0.15, -0.1) is 0 Å². The Labute approximate surface area is 388 Å². The normalized spacial score (nSPS) is 12.6. The second kappa shape index (κ2) is 38.5. The zero-order valence-corrected chi connectivity index (χ0v) is 42.3. The summed E-state index contributed by atoms with van der Waals surface area (Å²) >= 11 is 6.10. The molecule has 61 heavy (non-hydrogen) atoms. The van der Waals surface area contributed by atoms with Crippen LogP contribution < -0.4 is 0 Å². The third-order valence-corrected chi connectivity index (χ3v) is 13.1. The Morgan fingerprint density at radius 3 is 1.16 bits per heavy atom. The van der Waals surface area contributed by atoms with E-state index < -0.39 is 0 Å². The maximum atomic E-state index is 6.10. The summed E-state index contributed by atoms with van der Waals surface area (Å²) < 4.78 is 2.13. The second-order valence-corrected chi connectivity index (χ2v) is 19.1. The van der Waals surface area contributed by atoms with E-state index in [2.05, 4.69) is 93.7 Å². The Balaban J connectivity index is 2.23. The fourth-order valence-electron chi connectivity index (χ4n) is 8.63. The molecule has 0 saturated heterocycles. The summed E-state index contributed by atoms with van der Waals surface area (Å²) in [4.78, 5) is 5.61. The number of rotatable bonds is 40. The van der Waals surface area contributed by atoms with Gasteiger partial charge in [0.2, 0.25) is 0 Å². The first-order chi connectivity index (χ1) is 30.0. The standard InChI is InChI=1S/C58H98N2.Ni/c1-7-13-19-21-22-23-24-25-26-27-28-29-30-31-32-33-34-35-36-38-44-58(60-56-49-53(41-17-11-5)46-54(50-56)42-18-12-6)57(43-37-20-14-8-2)59-55-47-51(39-15-9-3)45-52(48-55)40-16-10-4;/h38,44-50H,7-37,39-43H2,1-6H3;/q;+1. The first-order valence-corrected chi connectivity index (χ1v) is 27.2. The molecule has 0 bridgehead atoms.